The quantitative estimate of drug-likeness (QED) is 0.653. The van der Waals surface area contributed by atoms with Gasteiger partial charge in [-0.15, -0.1) is 0 Å². The van der Waals surface area contributed by atoms with Gasteiger partial charge in [0.2, 0.25) is 10.0 Å². The molecule has 0 aliphatic carbocycles. The lowest BCUT2D eigenvalue weighted by Gasteiger charge is -2.24. The number of halogens is 2. The number of nitrogens with zero attached hydrogens (tertiary/aromatic N) is 2. The largest absolute Gasteiger partial charge is 0.492 e. The van der Waals surface area contributed by atoms with Gasteiger partial charge in [0.25, 0.3) is 0 Å². The minimum absolute atomic E-state index is 0.141. The first-order valence-electron chi connectivity index (χ1n) is 8.45. The zero-order valence-corrected chi connectivity index (χ0v) is 15.7. The van der Waals surface area contributed by atoms with Crippen molar-refractivity contribution in [3.8, 4) is 5.75 Å². The van der Waals surface area contributed by atoms with Crippen LogP contribution in [0.15, 0.2) is 36.7 Å². The smallest absolute Gasteiger partial charge is 0.239 e. The standard InChI is InChI=1S/C18H19F2N3O3S/c1-3-7-27(24,25)23(16-6-5-12(19)8-15(16)20)13-9-14-17(26-4-2)11-22-18(14)21-10-13/h5-6,8-11H,3-4,7H2,1-2H3,(H,21,22). The third-order valence-corrected chi connectivity index (χ3v) is 5.77. The number of pyridine rings is 1. The van der Waals surface area contributed by atoms with Gasteiger partial charge in [0.15, 0.2) is 5.82 Å². The van der Waals surface area contributed by atoms with Gasteiger partial charge in [-0.2, -0.15) is 0 Å². The zero-order valence-electron chi connectivity index (χ0n) is 14.9. The van der Waals surface area contributed by atoms with E-state index in [-0.39, 0.29) is 17.1 Å². The van der Waals surface area contributed by atoms with Crippen LogP contribution in [0.3, 0.4) is 0 Å². The molecule has 0 saturated carbocycles. The van der Waals surface area contributed by atoms with Crippen LogP contribution in [0.1, 0.15) is 20.3 Å². The van der Waals surface area contributed by atoms with Crippen LogP contribution in [0.25, 0.3) is 11.0 Å². The summed E-state index contributed by atoms with van der Waals surface area (Å²) in [6.07, 6.45) is 3.28. The lowest BCUT2D eigenvalue weighted by atomic mass is 10.2. The maximum atomic E-state index is 14.4. The van der Waals surface area contributed by atoms with E-state index in [1.54, 1.807) is 19.2 Å². The third kappa shape index (κ3) is 3.73. The highest BCUT2D eigenvalue weighted by Crippen LogP contribution is 2.35. The van der Waals surface area contributed by atoms with Gasteiger partial charge in [0.05, 0.1) is 35.3 Å². The number of fused-ring (bicyclic) bond motifs is 1. The number of ether oxygens (including phenoxy) is 1. The number of hydrogen-bond donors (Lipinski definition) is 1. The Kier molecular flexibility index (Phi) is 5.31. The molecular formula is C18H19F2N3O3S. The van der Waals surface area contributed by atoms with E-state index >= 15 is 0 Å². The highest BCUT2D eigenvalue weighted by Gasteiger charge is 2.27. The second-order valence-corrected chi connectivity index (χ2v) is 7.79. The lowest BCUT2D eigenvalue weighted by Crippen LogP contribution is -2.29. The third-order valence-electron chi connectivity index (χ3n) is 3.88. The number of anilines is 2. The Labute approximate surface area is 155 Å². The van der Waals surface area contributed by atoms with Crippen LogP contribution in [0.5, 0.6) is 5.75 Å². The van der Waals surface area contributed by atoms with E-state index < -0.39 is 21.7 Å². The summed E-state index contributed by atoms with van der Waals surface area (Å²) in [5, 5.41) is 0.563. The Balaban J connectivity index is 2.21. The molecule has 0 radical (unpaired) electrons. The molecule has 9 heteroatoms. The number of rotatable bonds is 7. The molecule has 0 unspecified atom stereocenters. The highest BCUT2D eigenvalue weighted by molar-refractivity contribution is 7.93. The van der Waals surface area contributed by atoms with E-state index in [0.717, 1.165) is 16.4 Å². The van der Waals surface area contributed by atoms with E-state index in [9.17, 15) is 17.2 Å². The molecule has 0 spiro atoms. The van der Waals surface area contributed by atoms with Gasteiger partial charge in [-0.05, 0) is 31.5 Å². The molecule has 0 atom stereocenters. The van der Waals surface area contributed by atoms with Crippen molar-refractivity contribution in [2.24, 2.45) is 0 Å². The summed E-state index contributed by atoms with van der Waals surface area (Å²) in [6, 6.07) is 4.32. The normalized spacial score (nSPS) is 11.7. The maximum absolute atomic E-state index is 14.4. The summed E-state index contributed by atoms with van der Waals surface area (Å²) in [5.41, 5.74) is 0.385. The van der Waals surface area contributed by atoms with Gasteiger partial charge >= 0.3 is 0 Å². The maximum Gasteiger partial charge on any atom is 0.239 e. The molecule has 6 nitrogen and oxygen atoms in total. The average molecular weight is 395 g/mol. The van der Waals surface area contributed by atoms with Gasteiger partial charge in [-0.25, -0.2) is 26.5 Å². The molecule has 0 aliphatic rings. The molecule has 27 heavy (non-hydrogen) atoms. The van der Waals surface area contributed by atoms with Crippen molar-refractivity contribution in [1.29, 1.82) is 0 Å². The molecule has 0 aliphatic heterocycles. The topological polar surface area (TPSA) is 75.3 Å². The van der Waals surface area contributed by atoms with Crippen LogP contribution in [-0.4, -0.2) is 30.7 Å². The SMILES string of the molecule is CCCS(=O)(=O)N(c1cnc2[nH]cc(OCC)c2c1)c1ccc(F)cc1F. The minimum Gasteiger partial charge on any atom is -0.492 e. The van der Waals surface area contributed by atoms with Gasteiger partial charge in [-0.3, -0.25) is 0 Å². The molecule has 2 heterocycles. The molecule has 144 valence electrons. The molecule has 3 aromatic rings. The van der Waals surface area contributed by atoms with Gasteiger partial charge in [0.1, 0.15) is 17.2 Å². The molecule has 2 aromatic heterocycles. The number of sulfonamides is 1. The summed E-state index contributed by atoms with van der Waals surface area (Å²) >= 11 is 0. The number of hydrogen-bond acceptors (Lipinski definition) is 4. The summed E-state index contributed by atoms with van der Waals surface area (Å²) in [6.45, 7) is 3.95. The van der Waals surface area contributed by atoms with Gasteiger partial charge in [-0.1, -0.05) is 6.92 Å². The van der Waals surface area contributed by atoms with Crippen LogP contribution in [0.2, 0.25) is 0 Å². The Hall–Kier alpha value is -2.68. The zero-order chi connectivity index (χ0) is 19.6. The predicted octanol–water partition coefficient (Wildman–Crippen LogP) is 4.12. The summed E-state index contributed by atoms with van der Waals surface area (Å²) in [4.78, 5) is 7.15. The van der Waals surface area contributed by atoms with Crippen molar-refractivity contribution < 1.29 is 21.9 Å². The second-order valence-electron chi connectivity index (χ2n) is 5.85. The fourth-order valence-corrected chi connectivity index (χ4v) is 4.37. The lowest BCUT2D eigenvalue weighted by molar-refractivity contribution is 0.344. The van der Waals surface area contributed by atoms with Crippen LogP contribution < -0.4 is 9.04 Å². The number of H-pyrrole nitrogens is 1. The van der Waals surface area contributed by atoms with Gasteiger partial charge in [0, 0.05) is 12.3 Å². The Morgan fingerprint density at radius 1 is 1.22 bits per heavy atom. The fourth-order valence-electron chi connectivity index (χ4n) is 2.80. The van der Waals surface area contributed by atoms with Crippen molar-refractivity contribution in [1.82, 2.24) is 9.97 Å². The molecule has 0 bridgehead atoms. The highest BCUT2D eigenvalue weighted by atomic mass is 32.2. The van der Waals surface area contributed by atoms with Crippen LogP contribution in [0, 0.1) is 11.6 Å². The number of nitrogens with one attached hydrogen (secondary N) is 1. The first kappa shape index (κ1) is 19.1. The molecule has 0 saturated heterocycles. The van der Waals surface area contributed by atoms with E-state index in [4.69, 9.17) is 4.74 Å². The Morgan fingerprint density at radius 2 is 2.00 bits per heavy atom. The molecule has 3 rings (SSSR count). The average Bonchev–Trinajstić information content (AvgIpc) is 3.00. The molecule has 1 aromatic carbocycles. The van der Waals surface area contributed by atoms with Crippen molar-refractivity contribution in [3.63, 3.8) is 0 Å². The van der Waals surface area contributed by atoms with Crippen molar-refractivity contribution >= 4 is 32.4 Å². The van der Waals surface area contributed by atoms with Gasteiger partial charge < -0.3 is 9.72 Å². The predicted molar refractivity (Wildman–Crippen MR) is 99.8 cm³/mol. The molecule has 0 amide bonds. The van der Waals surface area contributed by atoms with Crippen LogP contribution in [-0.2, 0) is 10.0 Å². The van der Waals surface area contributed by atoms with E-state index in [1.807, 2.05) is 6.92 Å². The number of aromatic nitrogens is 2. The molecule has 1 N–H and O–H groups in total. The summed E-state index contributed by atoms with van der Waals surface area (Å²) in [5.74, 6) is -1.46. The van der Waals surface area contributed by atoms with E-state index in [1.165, 1.54) is 6.20 Å². The van der Waals surface area contributed by atoms with Crippen molar-refractivity contribution in [2.75, 3.05) is 16.7 Å². The molecular weight excluding hydrogens is 376 g/mol. The first-order valence-corrected chi connectivity index (χ1v) is 10.1. The fraction of sp³-hybridized carbons (Fsp3) is 0.278. The van der Waals surface area contributed by atoms with Crippen LogP contribution in [0.4, 0.5) is 20.2 Å². The Bertz CT molecular complexity index is 1070. The summed E-state index contributed by atoms with van der Waals surface area (Å²) in [7, 11) is -3.91. The summed E-state index contributed by atoms with van der Waals surface area (Å²) < 4.78 is 59.8. The Morgan fingerprint density at radius 3 is 2.67 bits per heavy atom. The number of aromatic amines is 1. The second kappa shape index (κ2) is 7.51. The number of benzene rings is 1. The molecule has 0 fully saturated rings. The first-order chi connectivity index (χ1) is 12.9. The van der Waals surface area contributed by atoms with E-state index in [2.05, 4.69) is 9.97 Å². The van der Waals surface area contributed by atoms with Crippen LogP contribution >= 0.6 is 0 Å². The monoisotopic (exact) mass is 395 g/mol. The van der Waals surface area contributed by atoms with Crippen molar-refractivity contribution in [2.45, 2.75) is 20.3 Å². The minimum atomic E-state index is -3.91. The van der Waals surface area contributed by atoms with Crippen molar-refractivity contribution in [3.05, 3.63) is 48.3 Å². The van der Waals surface area contributed by atoms with E-state index in [0.29, 0.717) is 35.9 Å².